The molecule has 1 N–H and O–H groups in total. The number of benzene rings is 1. The van der Waals surface area contributed by atoms with Gasteiger partial charge in [0, 0.05) is 6.04 Å². The third kappa shape index (κ3) is 2.91. The lowest BCUT2D eigenvalue weighted by Gasteiger charge is -2.28. The third-order valence-electron chi connectivity index (χ3n) is 4.14. The van der Waals surface area contributed by atoms with Crippen LogP contribution in [0.1, 0.15) is 39.0 Å². The minimum atomic E-state index is -0.380. The SMILES string of the molecule is C[C@@H](Nc1nc2cc(Cl)c(F)cc2s1)C1CCCCC1. The number of halogens is 2. The molecule has 0 bridgehead atoms. The second kappa shape index (κ2) is 5.86. The number of hydrogen-bond donors (Lipinski definition) is 1. The maximum atomic E-state index is 13.4. The highest BCUT2D eigenvalue weighted by molar-refractivity contribution is 7.22. The molecule has 20 heavy (non-hydrogen) atoms. The summed E-state index contributed by atoms with van der Waals surface area (Å²) in [6, 6.07) is 3.47. The molecule has 1 aromatic heterocycles. The molecule has 1 aromatic carbocycles. The normalized spacial score (nSPS) is 18.4. The number of thiazole rings is 1. The Kier molecular flexibility index (Phi) is 4.13. The second-order valence-corrected chi connectivity index (χ2v) is 7.02. The first-order valence-electron chi connectivity index (χ1n) is 7.15. The molecule has 0 spiro atoms. The molecule has 0 amide bonds. The summed E-state index contributed by atoms with van der Waals surface area (Å²) in [5.74, 6) is 0.339. The van der Waals surface area contributed by atoms with Crippen molar-refractivity contribution >= 4 is 38.3 Å². The smallest absolute Gasteiger partial charge is 0.184 e. The van der Waals surface area contributed by atoms with E-state index in [0.29, 0.717) is 6.04 Å². The minimum absolute atomic E-state index is 0.134. The van der Waals surface area contributed by atoms with Gasteiger partial charge in [-0.2, -0.15) is 0 Å². The Hall–Kier alpha value is -0.870. The van der Waals surface area contributed by atoms with Crippen LogP contribution in [0, 0.1) is 11.7 Å². The van der Waals surface area contributed by atoms with Crippen molar-refractivity contribution in [2.45, 2.75) is 45.1 Å². The molecule has 0 aliphatic heterocycles. The summed E-state index contributed by atoms with van der Waals surface area (Å²) in [6.45, 7) is 2.22. The lowest BCUT2D eigenvalue weighted by molar-refractivity contribution is 0.328. The fraction of sp³-hybridized carbons (Fsp3) is 0.533. The van der Waals surface area contributed by atoms with Gasteiger partial charge in [0.25, 0.3) is 0 Å². The fourth-order valence-electron chi connectivity index (χ4n) is 2.93. The van der Waals surface area contributed by atoms with Crippen molar-refractivity contribution < 1.29 is 4.39 Å². The molecule has 5 heteroatoms. The van der Waals surface area contributed by atoms with Crippen LogP contribution in [0.15, 0.2) is 12.1 Å². The molecular weight excluding hydrogens is 295 g/mol. The molecule has 0 saturated heterocycles. The van der Waals surface area contributed by atoms with Crippen LogP contribution >= 0.6 is 22.9 Å². The summed E-state index contributed by atoms with van der Waals surface area (Å²) in [5.41, 5.74) is 0.764. The standard InChI is InChI=1S/C15H18ClFN2S/c1-9(10-5-3-2-4-6-10)18-15-19-13-7-11(16)12(17)8-14(13)20-15/h7-10H,2-6H2,1H3,(H,18,19)/t9-/m1/s1. The summed E-state index contributed by atoms with van der Waals surface area (Å²) < 4.78 is 14.3. The lowest BCUT2D eigenvalue weighted by atomic mass is 9.85. The summed E-state index contributed by atoms with van der Waals surface area (Å²) in [7, 11) is 0. The van der Waals surface area contributed by atoms with Crippen LogP contribution in [-0.4, -0.2) is 11.0 Å². The van der Waals surface area contributed by atoms with Crippen molar-refractivity contribution in [3.8, 4) is 0 Å². The van der Waals surface area contributed by atoms with Gasteiger partial charge in [-0.15, -0.1) is 0 Å². The zero-order valence-corrected chi connectivity index (χ0v) is 13.0. The number of nitrogens with zero attached hydrogens (tertiary/aromatic N) is 1. The zero-order chi connectivity index (χ0) is 14.1. The zero-order valence-electron chi connectivity index (χ0n) is 11.5. The average molecular weight is 313 g/mol. The molecule has 2 nitrogen and oxygen atoms in total. The molecule has 3 rings (SSSR count). The monoisotopic (exact) mass is 312 g/mol. The highest BCUT2D eigenvalue weighted by atomic mass is 35.5. The van der Waals surface area contributed by atoms with E-state index < -0.39 is 0 Å². The van der Waals surface area contributed by atoms with Crippen LogP contribution < -0.4 is 5.32 Å². The Bertz CT molecular complexity index is 568. The number of anilines is 1. The topological polar surface area (TPSA) is 24.9 Å². The summed E-state index contributed by atoms with van der Waals surface area (Å²) in [5, 5.41) is 4.48. The van der Waals surface area contributed by atoms with Gasteiger partial charge in [0.05, 0.1) is 15.2 Å². The van der Waals surface area contributed by atoms with Gasteiger partial charge in [0.2, 0.25) is 0 Å². The average Bonchev–Trinajstić information content (AvgIpc) is 2.81. The van der Waals surface area contributed by atoms with Gasteiger partial charge in [0.15, 0.2) is 5.13 Å². The van der Waals surface area contributed by atoms with Gasteiger partial charge in [-0.3, -0.25) is 0 Å². The van der Waals surface area contributed by atoms with Crippen LogP contribution in [0.5, 0.6) is 0 Å². The summed E-state index contributed by atoms with van der Waals surface area (Å²) in [4.78, 5) is 4.51. The second-order valence-electron chi connectivity index (χ2n) is 5.58. The molecule has 1 fully saturated rings. The van der Waals surface area contributed by atoms with E-state index in [-0.39, 0.29) is 10.8 Å². The first-order chi connectivity index (χ1) is 9.63. The Balaban J connectivity index is 1.76. The van der Waals surface area contributed by atoms with E-state index >= 15 is 0 Å². The van der Waals surface area contributed by atoms with Crippen LogP contribution in [-0.2, 0) is 0 Å². The number of aromatic nitrogens is 1. The van der Waals surface area contributed by atoms with Crippen LogP contribution in [0.3, 0.4) is 0 Å². The molecular formula is C15H18ClFN2S. The maximum absolute atomic E-state index is 13.4. The molecule has 1 atom stereocenters. The summed E-state index contributed by atoms with van der Waals surface area (Å²) >= 11 is 7.29. The quantitative estimate of drug-likeness (QED) is 0.813. The Morgan fingerprint density at radius 2 is 2.10 bits per heavy atom. The number of rotatable bonds is 3. The lowest BCUT2D eigenvalue weighted by Crippen LogP contribution is -2.27. The van der Waals surface area contributed by atoms with Crippen molar-refractivity contribution in [2.75, 3.05) is 5.32 Å². The molecule has 0 unspecified atom stereocenters. The van der Waals surface area contributed by atoms with Crippen molar-refractivity contribution in [3.63, 3.8) is 0 Å². The van der Waals surface area contributed by atoms with Crippen molar-refractivity contribution in [1.82, 2.24) is 4.98 Å². The minimum Gasteiger partial charge on any atom is -0.359 e. The Morgan fingerprint density at radius 3 is 2.85 bits per heavy atom. The number of fused-ring (bicyclic) bond motifs is 1. The molecule has 2 aromatic rings. The fourth-order valence-corrected chi connectivity index (χ4v) is 4.06. The molecule has 0 radical (unpaired) electrons. The molecule has 1 heterocycles. The van der Waals surface area contributed by atoms with Crippen molar-refractivity contribution in [1.29, 1.82) is 0 Å². The maximum Gasteiger partial charge on any atom is 0.184 e. The van der Waals surface area contributed by atoms with Gasteiger partial charge in [-0.1, -0.05) is 42.2 Å². The van der Waals surface area contributed by atoms with Gasteiger partial charge >= 0.3 is 0 Å². The highest BCUT2D eigenvalue weighted by Gasteiger charge is 2.21. The van der Waals surface area contributed by atoms with Gasteiger partial charge in [-0.25, -0.2) is 9.37 Å². The molecule has 1 saturated carbocycles. The predicted molar refractivity (Wildman–Crippen MR) is 84.2 cm³/mol. The molecule has 1 aliphatic carbocycles. The molecule has 1 aliphatic rings. The predicted octanol–water partition coefficient (Wildman–Crippen LogP) is 5.47. The summed E-state index contributed by atoms with van der Waals surface area (Å²) in [6.07, 6.45) is 6.61. The molecule has 108 valence electrons. The van der Waals surface area contributed by atoms with E-state index in [4.69, 9.17) is 11.6 Å². The largest absolute Gasteiger partial charge is 0.359 e. The Labute approximate surface area is 127 Å². The van der Waals surface area contributed by atoms with Gasteiger partial charge in [-0.05, 0) is 37.8 Å². The first-order valence-corrected chi connectivity index (χ1v) is 8.35. The third-order valence-corrected chi connectivity index (χ3v) is 5.38. The Morgan fingerprint density at radius 1 is 1.35 bits per heavy atom. The van der Waals surface area contributed by atoms with Crippen LogP contribution in [0.2, 0.25) is 5.02 Å². The van der Waals surface area contributed by atoms with E-state index in [2.05, 4.69) is 17.2 Å². The van der Waals surface area contributed by atoms with Crippen LogP contribution in [0.25, 0.3) is 10.2 Å². The van der Waals surface area contributed by atoms with Crippen LogP contribution in [0.4, 0.5) is 9.52 Å². The van der Waals surface area contributed by atoms with Gasteiger partial charge < -0.3 is 5.32 Å². The number of hydrogen-bond acceptors (Lipinski definition) is 3. The first kappa shape index (κ1) is 14.1. The van der Waals surface area contributed by atoms with Gasteiger partial charge in [0.1, 0.15) is 5.82 Å². The number of nitrogens with one attached hydrogen (secondary N) is 1. The van der Waals surface area contributed by atoms with E-state index in [1.165, 1.54) is 49.5 Å². The van der Waals surface area contributed by atoms with E-state index in [1.807, 2.05) is 0 Å². The van der Waals surface area contributed by atoms with E-state index in [0.717, 1.165) is 21.3 Å². The van der Waals surface area contributed by atoms with Crippen molar-refractivity contribution in [3.05, 3.63) is 23.0 Å². The van der Waals surface area contributed by atoms with E-state index in [9.17, 15) is 4.39 Å². The van der Waals surface area contributed by atoms with E-state index in [1.54, 1.807) is 6.07 Å². The highest BCUT2D eigenvalue weighted by Crippen LogP contribution is 2.32. The van der Waals surface area contributed by atoms with Crippen molar-refractivity contribution in [2.24, 2.45) is 5.92 Å².